The molecule has 0 aromatic heterocycles. The van der Waals surface area contributed by atoms with Crippen LogP contribution in [0.1, 0.15) is 38.2 Å². The summed E-state index contributed by atoms with van der Waals surface area (Å²) in [5.41, 5.74) is 6.87. The molecule has 3 unspecified atom stereocenters. The molecular weight excluding hydrogens is 280 g/mol. The zero-order valence-electron chi connectivity index (χ0n) is 12.5. The van der Waals surface area contributed by atoms with Crippen molar-refractivity contribution in [3.63, 3.8) is 0 Å². The minimum atomic E-state index is -0.417. The Morgan fingerprint density at radius 1 is 1.38 bits per heavy atom. The van der Waals surface area contributed by atoms with Crippen LogP contribution in [0.15, 0.2) is 30.3 Å². The molecule has 1 saturated carbocycles. The van der Waals surface area contributed by atoms with Gasteiger partial charge in [-0.2, -0.15) is 0 Å². The fraction of sp³-hybridized carbons (Fsp3) is 0.529. The lowest BCUT2D eigenvalue weighted by Crippen LogP contribution is -2.45. The highest BCUT2D eigenvalue weighted by molar-refractivity contribution is 7.80. The monoisotopic (exact) mass is 304 g/mol. The van der Waals surface area contributed by atoms with Crippen LogP contribution >= 0.6 is 12.2 Å². The van der Waals surface area contributed by atoms with Gasteiger partial charge < -0.3 is 11.1 Å². The Morgan fingerprint density at radius 2 is 2.10 bits per heavy atom. The molecule has 0 radical (unpaired) electrons. The molecule has 2 rings (SSSR count). The summed E-state index contributed by atoms with van der Waals surface area (Å²) in [6.45, 7) is 2.24. The van der Waals surface area contributed by atoms with Gasteiger partial charge in [-0.05, 0) is 30.7 Å². The van der Waals surface area contributed by atoms with Crippen molar-refractivity contribution in [3.05, 3.63) is 35.9 Å². The van der Waals surface area contributed by atoms with Crippen molar-refractivity contribution in [2.24, 2.45) is 17.6 Å². The first kappa shape index (κ1) is 16.0. The first-order valence-corrected chi connectivity index (χ1v) is 8.10. The largest absolute Gasteiger partial charge is 0.393 e. The van der Waals surface area contributed by atoms with Gasteiger partial charge in [0.15, 0.2) is 0 Å². The SMILES string of the molecule is CC1CCCC(NC(=O)C(Cc2ccccc2)C(N)=S)C1. The van der Waals surface area contributed by atoms with Crippen LogP contribution in [-0.2, 0) is 11.2 Å². The van der Waals surface area contributed by atoms with Gasteiger partial charge in [-0.25, -0.2) is 0 Å². The Hall–Kier alpha value is -1.42. The summed E-state index contributed by atoms with van der Waals surface area (Å²) in [6, 6.07) is 10.2. The highest BCUT2D eigenvalue weighted by Gasteiger charge is 2.26. The molecule has 21 heavy (non-hydrogen) atoms. The summed E-state index contributed by atoms with van der Waals surface area (Å²) in [5, 5.41) is 3.14. The van der Waals surface area contributed by atoms with E-state index < -0.39 is 5.92 Å². The number of nitrogens with two attached hydrogens (primary N) is 1. The van der Waals surface area contributed by atoms with Gasteiger partial charge in [-0.15, -0.1) is 0 Å². The molecule has 0 bridgehead atoms. The van der Waals surface area contributed by atoms with Crippen LogP contribution in [0.4, 0.5) is 0 Å². The smallest absolute Gasteiger partial charge is 0.230 e. The minimum absolute atomic E-state index is 0.0227. The second-order valence-electron chi connectivity index (χ2n) is 6.12. The molecule has 1 aliphatic rings. The van der Waals surface area contributed by atoms with Crippen molar-refractivity contribution in [2.45, 2.75) is 45.1 Å². The number of carbonyl (C=O) groups excluding carboxylic acids is 1. The number of thiocarbonyl (C=S) groups is 1. The third kappa shape index (κ3) is 4.81. The van der Waals surface area contributed by atoms with Gasteiger partial charge >= 0.3 is 0 Å². The zero-order valence-corrected chi connectivity index (χ0v) is 13.4. The van der Waals surface area contributed by atoms with Gasteiger partial charge in [0.1, 0.15) is 0 Å². The van der Waals surface area contributed by atoms with E-state index in [1.54, 1.807) is 0 Å². The Balaban J connectivity index is 1.97. The summed E-state index contributed by atoms with van der Waals surface area (Å²) in [7, 11) is 0. The molecule has 0 heterocycles. The molecular formula is C17H24N2OS. The van der Waals surface area contributed by atoms with E-state index in [0.29, 0.717) is 12.3 Å². The molecule has 0 saturated heterocycles. The van der Waals surface area contributed by atoms with Crippen molar-refractivity contribution in [2.75, 3.05) is 0 Å². The summed E-state index contributed by atoms with van der Waals surface area (Å²) in [4.78, 5) is 12.8. The second-order valence-corrected chi connectivity index (χ2v) is 6.59. The highest BCUT2D eigenvalue weighted by atomic mass is 32.1. The van der Waals surface area contributed by atoms with Crippen molar-refractivity contribution in [1.82, 2.24) is 5.32 Å². The predicted molar refractivity (Wildman–Crippen MR) is 90.0 cm³/mol. The van der Waals surface area contributed by atoms with E-state index in [9.17, 15) is 4.79 Å². The van der Waals surface area contributed by atoms with E-state index in [2.05, 4.69) is 12.2 Å². The van der Waals surface area contributed by atoms with Crippen LogP contribution in [-0.4, -0.2) is 16.9 Å². The zero-order chi connectivity index (χ0) is 15.2. The van der Waals surface area contributed by atoms with Crippen LogP contribution in [0.2, 0.25) is 0 Å². The van der Waals surface area contributed by atoms with E-state index in [1.807, 2.05) is 30.3 Å². The van der Waals surface area contributed by atoms with E-state index in [1.165, 1.54) is 12.8 Å². The Kier molecular flexibility index (Phi) is 5.74. The third-order valence-corrected chi connectivity index (χ3v) is 4.51. The topological polar surface area (TPSA) is 55.1 Å². The van der Waals surface area contributed by atoms with Gasteiger partial charge in [0.2, 0.25) is 5.91 Å². The van der Waals surface area contributed by atoms with E-state index in [0.717, 1.165) is 18.4 Å². The molecule has 1 amide bonds. The molecule has 1 aromatic rings. The minimum Gasteiger partial charge on any atom is -0.393 e. The fourth-order valence-electron chi connectivity index (χ4n) is 3.04. The molecule has 3 nitrogen and oxygen atoms in total. The van der Waals surface area contributed by atoms with Crippen molar-refractivity contribution < 1.29 is 4.79 Å². The van der Waals surface area contributed by atoms with Gasteiger partial charge in [-0.3, -0.25) is 4.79 Å². The van der Waals surface area contributed by atoms with E-state index in [-0.39, 0.29) is 16.9 Å². The standard InChI is InChI=1S/C17H24N2OS/c1-12-6-5-9-14(10-12)19-17(20)15(16(18)21)11-13-7-3-2-4-8-13/h2-4,7-8,12,14-15H,5-6,9-11H2,1H3,(H2,18,21)(H,19,20). The average molecular weight is 304 g/mol. The third-order valence-electron chi connectivity index (χ3n) is 4.23. The number of hydrogen-bond acceptors (Lipinski definition) is 2. The molecule has 114 valence electrons. The summed E-state index contributed by atoms with van der Waals surface area (Å²) in [6.07, 6.45) is 5.13. The summed E-state index contributed by atoms with van der Waals surface area (Å²) in [5.74, 6) is 0.242. The number of hydrogen-bond donors (Lipinski definition) is 2. The lowest BCUT2D eigenvalue weighted by molar-refractivity contribution is -0.124. The van der Waals surface area contributed by atoms with Gasteiger partial charge in [0, 0.05) is 6.04 Å². The second kappa shape index (κ2) is 7.55. The lowest BCUT2D eigenvalue weighted by atomic mass is 9.86. The number of amides is 1. The summed E-state index contributed by atoms with van der Waals surface area (Å²) >= 11 is 5.10. The number of benzene rings is 1. The van der Waals surface area contributed by atoms with Gasteiger partial charge in [0.05, 0.1) is 10.9 Å². The molecule has 1 fully saturated rings. The van der Waals surface area contributed by atoms with Crippen LogP contribution in [0.25, 0.3) is 0 Å². The number of rotatable bonds is 5. The van der Waals surface area contributed by atoms with E-state index >= 15 is 0 Å². The maximum atomic E-state index is 12.5. The molecule has 3 atom stereocenters. The van der Waals surface area contributed by atoms with Crippen LogP contribution < -0.4 is 11.1 Å². The van der Waals surface area contributed by atoms with Gasteiger partial charge in [-0.1, -0.05) is 62.3 Å². The fourth-order valence-corrected chi connectivity index (χ4v) is 3.23. The van der Waals surface area contributed by atoms with Crippen LogP contribution in [0, 0.1) is 11.8 Å². The molecule has 0 aliphatic heterocycles. The molecule has 1 aromatic carbocycles. The van der Waals surface area contributed by atoms with Crippen LogP contribution in [0.3, 0.4) is 0 Å². The molecule has 0 spiro atoms. The maximum absolute atomic E-state index is 12.5. The number of nitrogens with one attached hydrogen (secondary N) is 1. The Morgan fingerprint density at radius 3 is 2.71 bits per heavy atom. The lowest BCUT2D eigenvalue weighted by Gasteiger charge is -2.29. The molecule has 4 heteroatoms. The average Bonchev–Trinajstić information content (AvgIpc) is 2.45. The first-order valence-electron chi connectivity index (χ1n) is 7.70. The van der Waals surface area contributed by atoms with Crippen molar-refractivity contribution in [1.29, 1.82) is 0 Å². The Labute approximate surface area is 132 Å². The normalized spacial score (nSPS) is 23.3. The molecule has 1 aliphatic carbocycles. The quantitative estimate of drug-likeness (QED) is 0.823. The number of carbonyl (C=O) groups is 1. The molecule has 3 N–H and O–H groups in total. The van der Waals surface area contributed by atoms with Crippen molar-refractivity contribution >= 4 is 23.1 Å². The first-order chi connectivity index (χ1) is 10.1. The van der Waals surface area contributed by atoms with Crippen molar-refractivity contribution in [3.8, 4) is 0 Å². The predicted octanol–water partition coefficient (Wildman–Crippen LogP) is 2.83. The highest BCUT2D eigenvalue weighted by Crippen LogP contribution is 2.24. The maximum Gasteiger partial charge on any atom is 0.230 e. The Bertz CT molecular complexity index is 489. The van der Waals surface area contributed by atoms with Gasteiger partial charge in [0.25, 0.3) is 0 Å². The van der Waals surface area contributed by atoms with Crippen LogP contribution in [0.5, 0.6) is 0 Å². The van der Waals surface area contributed by atoms with E-state index in [4.69, 9.17) is 18.0 Å². The summed E-state index contributed by atoms with van der Waals surface area (Å²) < 4.78 is 0.